The van der Waals surface area contributed by atoms with E-state index in [1.54, 1.807) is 0 Å². The highest BCUT2D eigenvalue weighted by atomic mass is 32.2. The normalized spacial score (nSPS) is 16.4. The van der Waals surface area contributed by atoms with E-state index in [2.05, 4.69) is 0 Å². The Hall–Kier alpha value is -1.76. The van der Waals surface area contributed by atoms with E-state index >= 15 is 0 Å². The molecule has 0 radical (unpaired) electrons. The summed E-state index contributed by atoms with van der Waals surface area (Å²) in [5, 5.41) is 8.48. The summed E-state index contributed by atoms with van der Waals surface area (Å²) in [6.07, 6.45) is 1.52. The van der Waals surface area contributed by atoms with Gasteiger partial charge in [0.05, 0.1) is 12.8 Å². The summed E-state index contributed by atoms with van der Waals surface area (Å²) in [6, 6.07) is 1.45. The number of furan rings is 1. The molecule has 0 aromatic carbocycles. The average Bonchev–Trinajstić information content (AvgIpc) is 2.72. The first kappa shape index (κ1) is 11.7. The van der Waals surface area contributed by atoms with Crippen molar-refractivity contribution in [3.05, 3.63) is 23.7 Å². The Morgan fingerprint density at radius 2 is 2.29 bits per heavy atom. The fourth-order valence-corrected chi connectivity index (χ4v) is 2.28. The highest BCUT2D eigenvalue weighted by Gasteiger charge is 2.28. The van der Waals surface area contributed by atoms with Crippen molar-refractivity contribution in [2.24, 2.45) is 0 Å². The highest BCUT2D eigenvalue weighted by Crippen LogP contribution is 2.22. The van der Waals surface area contributed by atoms with E-state index in [0.29, 0.717) is 11.3 Å². The van der Waals surface area contributed by atoms with Gasteiger partial charge in [0.25, 0.3) is 5.24 Å². The van der Waals surface area contributed by atoms with E-state index in [4.69, 9.17) is 9.52 Å². The molecule has 1 aromatic heterocycles. The Bertz CT molecular complexity index is 465. The maximum atomic E-state index is 11.5. The summed E-state index contributed by atoms with van der Waals surface area (Å²) >= 11 is 1.05. The minimum atomic E-state index is -1.21. The molecule has 0 spiro atoms. The van der Waals surface area contributed by atoms with Crippen LogP contribution in [-0.4, -0.2) is 32.9 Å². The number of hydrogen-bond acceptors (Lipinski definition) is 5. The molecule has 7 heteroatoms. The molecule has 6 nitrogen and oxygen atoms in total. The number of carboxylic acids is 1. The number of rotatable bonds is 3. The summed E-state index contributed by atoms with van der Waals surface area (Å²) in [7, 11) is 0. The van der Waals surface area contributed by atoms with Crippen LogP contribution in [0.15, 0.2) is 16.7 Å². The molecule has 0 saturated carbocycles. The number of hydrogen-bond donors (Lipinski definition) is 1. The number of nitrogens with zero attached hydrogens (tertiary/aromatic N) is 1. The minimum Gasteiger partial charge on any atom is -0.475 e. The smallest absolute Gasteiger partial charge is 0.372 e. The second-order valence-electron chi connectivity index (χ2n) is 3.42. The lowest BCUT2D eigenvalue weighted by Gasteiger charge is -2.23. The summed E-state index contributed by atoms with van der Waals surface area (Å²) in [5.41, 5.74) is 0.321. The second-order valence-corrected chi connectivity index (χ2v) is 4.47. The van der Waals surface area contributed by atoms with Crippen molar-refractivity contribution < 1.29 is 23.9 Å². The van der Waals surface area contributed by atoms with Crippen molar-refractivity contribution in [3.63, 3.8) is 0 Å². The van der Waals surface area contributed by atoms with Crippen LogP contribution in [0.25, 0.3) is 0 Å². The molecule has 0 aliphatic carbocycles. The molecule has 2 amide bonds. The highest BCUT2D eigenvalue weighted by molar-refractivity contribution is 8.13. The monoisotopic (exact) mass is 255 g/mol. The molecule has 1 aliphatic rings. The zero-order chi connectivity index (χ0) is 12.4. The van der Waals surface area contributed by atoms with Gasteiger partial charge in [0.2, 0.25) is 11.7 Å². The molecular weight excluding hydrogens is 246 g/mol. The Morgan fingerprint density at radius 3 is 2.94 bits per heavy atom. The molecule has 1 aliphatic heterocycles. The van der Waals surface area contributed by atoms with Crippen LogP contribution in [0.3, 0.4) is 0 Å². The summed E-state index contributed by atoms with van der Waals surface area (Å²) < 4.78 is 4.78. The Morgan fingerprint density at radius 1 is 1.53 bits per heavy atom. The zero-order valence-corrected chi connectivity index (χ0v) is 9.53. The minimum absolute atomic E-state index is 0.0528. The van der Waals surface area contributed by atoms with Gasteiger partial charge in [0.15, 0.2) is 0 Å². The summed E-state index contributed by atoms with van der Waals surface area (Å²) in [5.74, 6) is -1.26. The van der Waals surface area contributed by atoms with Crippen LogP contribution in [0.4, 0.5) is 4.79 Å². The number of carbonyl (C=O) groups excluding carboxylic acids is 2. The molecular formula is C10H9NO5S. The first-order valence-corrected chi connectivity index (χ1v) is 5.85. The molecule has 1 aromatic rings. The summed E-state index contributed by atoms with van der Waals surface area (Å²) in [6.45, 7) is -0.0528. The number of amides is 2. The van der Waals surface area contributed by atoms with Crippen LogP contribution in [0.2, 0.25) is 0 Å². The number of carbonyl (C=O) groups is 3. The maximum Gasteiger partial charge on any atom is 0.372 e. The van der Waals surface area contributed by atoms with Crippen LogP contribution in [0.1, 0.15) is 22.5 Å². The second kappa shape index (κ2) is 4.62. The van der Waals surface area contributed by atoms with E-state index in [1.807, 2.05) is 0 Å². The molecule has 0 bridgehead atoms. The van der Waals surface area contributed by atoms with Crippen molar-refractivity contribution in [1.82, 2.24) is 4.90 Å². The third-order valence-corrected chi connectivity index (χ3v) is 3.21. The van der Waals surface area contributed by atoms with E-state index in [9.17, 15) is 14.4 Å². The number of carboxylic acid groups (broad SMARTS) is 1. The standard InChI is InChI=1S/C10H9NO5S/c12-7-2-4-17-10(15)11(7)5-6-1-3-16-8(6)9(13)14/h1,3H,2,4-5H2,(H,13,14). The Labute approximate surface area is 101 Å². The SMILES string of the molecule is O=C(O)c1occc1CN1C(=O)CCSC1=O. The number of aromatic carboxylic acids is 1. The predicted octanol–water partition coefficient (Wildman–Crippen LogP) is 1.56. The molecule has 0 unspecified atom stereocenters. The van der Waals surface area contributed by atoms with E-state index in [0.717, 1.165) is 16.7 Å². The van der Waals surface area contributed by atoms with Crippen molar-refractivity contribution in [1.29, 1.82) is 0 Å². The predicted molar refractivity (Wildman–Crippen MR) is 58.7 cm³/mol. The molecule has 0 atom stereocenters. The van der Waals surface area contributed by atoms with Crippen LogP contribution in [-0.2, 0) is 11.3 Å². The van der Waals surface area contributed by atoms with Crippen molar-refractivity contribution >= 4 is 28.9 Å². The van der Waals surface area contributed by atoms with Gasteiger partial charge in [-0.05, 0) is 6.07 Å². The van der Waals surface area contributed by atoms with Gasteiger partial charge in [-0.25, -0.2) is 4.79 Å². The Kier molecular flexibility index (Phi) is 3.19. The van der Waals surface area contributed by atoms with Gasteiger partial charge in [0.1, 0.15) is 0 Å². The van der Waals surface area contributed by atoms with Crippen molar-refractivity contribution in [3.8, 4) is 0 Å². The molecule has 90 valence electrons. The topological polar surface area (TPSA) is 87.8 Å². The molecule has 17 heavy (non-hydrogen) atoms. The van der Waals surface area contributed by atoms with Gasteiger partial charge < -0.3 is 9.52 Å². The molecule has 1 fully saturated rings. The fourth-order valence-electron chi connectivity index (χ4n) is 1.51. The van der Waals surface area contributed by atoms with Gasteiger partial charge in [-0.1, -0.05) is 11.8 Å². The van der Waals surface area contributed by atoms with Gasteiger partial charge in [0, 0.05) is 17.7 Å². The van der Waals surface area contributed by atoms with Crippen molar-refractivity contribution in [2.45, 2.75) is 13.0 Å². The van der Waals surface area contributed by atoms with Crippen LogP contribution in [0, 0.1) is 0 Å². The Balaban J connectivity index is 2.19. The van der Waals surface area contributed by atoms with Gasteiger partial charge in [-0.3, -0.25) is 14.5 Å². The molecule has 1 N–H and O–H groups in total. The van der Waals surface area contributed by atoms with E-state index < -0.39 is 5.97 Å². The molecule has 2 rings (SSSR count). The largest absolute Gasteiger partial charge is 0.475 e. The lowest BCUT2D eigenvalue weighted by Crippen LogP contribution is -2.37. The van der Waals surface area contributed by atoms with E-state index in [-0.39, 0.29) is 29.9 Å². The van der Waals surface area contributed by atoms with E-state index in [1.165, 1.54) is 12.3 Å². The lowest BCUT2D eigenvalue weighted by atomic mass is 10.2. The first-order valence-electron chi connectivity index (χ1n) is 4.86. The average molecular weight is 255 g/mol. The van der Waals surface area contributed by atoms with Crippen LogP contribution < -0.4 is 0 Å². The van der Waals surface area contributed by atoms with Crippen molar-refractivity contribution in [2.75, 3.05) is 5.75 Å². The maximum absolute atomic E-state index is 11.5. The van der Waals surface area contributed by atoms with Crippen LogP contribution in [0.5, 0.6) is 0 Å². The lowest BCUT2D eigenvalue weighted by molar-refractivity contribution is -0.128. The van der Waals surface area contributed by atoms with Gasteiger partial charge in [-0.2, -0.15) is 0 Å². The third-order valence-electron chi connectivity index (χ3n) is 2.33. The van der Waals surface area contributed by atoms with Crippen LogP contribution >= 0.6 is 11.8 Å². The van der Waals surface area contributed by atoms with Gasteiger partial charge in [-0.15, -0.1) is 0 Å². The quantitative estimate of drug-likeness (QED) is 0.881. The number of thioether (sulfide) groups is 1. The molecule has 1 saturated heterocycles. The third kappa shape index (κ3) is 2.33. The first-order chi connectivity index (χ1) is 8.09. The van der Waals surface area contributed by atoms with Gasteiger partial charge >= 0.3 is 5.97 Å². The summed E-state index contributed by atoms with van der Waals surface area (Å²) in [4.78, 5) is 34.9. The molecule has 2 heterocycles. The number of imide groups is 1. The fraction of sp³-hybridized carbons (Fsp3) is 0.300. The zero-order valence-electron chi connectivity index (χ0n) is 8.71.